The van der Waals surface area contributed by atoms with E-state index in [1.807, 2.05) is 48.5 Å². The van der Waals surface area contributed by atoms with Crippen LogP contribution in [0.25, 0.3) is 0 Å². The van der Waals surface area contributed by atoms with Crippen LogP contribution in [0.2, 0.25) is 0 Å². The third kappa shape index (κ3) is 4.73. The first-order chi connectivity index (χ1) is 16.5. The molecule has 6 atom stereocenters. The van der Waals surface area contributed by atoms with Crippen molar-refractivity contribution in [1.29, 1.82) is 0 Å². The van der Waals surface area contributed by atoms with Crippen molar-refractivity contribution in [3.05, 3.63) is 71.8 Å². The summed E-state index contributed by atoms with van der Waals surface area (Å²) in [4.78, 5) is 28.5. The fraction of sp³-hybridized carbons (Fsp3) is 0.481. The third-order valence-corrected chi connectivity index (χ3v) is 7.10. The number of carbonyl (C=O) groups excluding carboxylic acids is 2. The number of esters is 2. The van der Waals surface area contributed by atoms with E-state index >= 15 is 0 Å². The Balaban J connectivity index is 1.76. The lowest BCUT2D eigenvalue weighted by molar-refractivity contribution is -0.154. The minimum Gasteiger partial charge on any atom is -0.469 e. The molecule has 0 radical (unpaired) electrons. The summed E-state index contributed by atoms with van der Waals surface area (Å²) >= 11 is 0. The number of hydrogen-bond acceptors (Lipinski definition) is 7. The number of ether oxygens (including phenoxy) is 3. The topological polar surface area (TPSA) is 77.1 Å². The minimum atomic E-state index is -0.714. The zero-order valence-electron chi connectivity index (χ0n) is 20.2. The summed E-state index contributed by atoms with van der Waals surface area (Å²) in [5.41, 5.74) is 2.07. The Bertz CT molecular complexity index is 968. The highest BCUT2D eigenvalue weighted by molar-refractivity contribution is 5.81. The van der Waals surface area contributed by atoms with Crippen LogP contribution >= 0.6 is 0 Å². The van der Waals surface area contributed by atoms with E-state index in [4.69, 9.17) is 14.2 Å². The van der Waals surface area contributed by atoms with Crippen molar-refractivity contribution in [2.75, 3.05) is 20.8 Å². The van der Waals surface area contributed by atoms with E-state index in [0.717, 1.165) is 11.1 Å². The lowest BCUT2D eigenvalue weighted by Crippen LogP contribution is -2.50. The molecule has 0 amide bonds. The lowest BCUT2D eigenvalue weighted by Gasteiger charge is -2.36. The summed E-state index contributed by atoms with van der Waals surface area (Å²) < 4.78 is 16.8. The number of carbonyl (C=O) groups is 2. The largest absolute Gasteiger partial charge is 0.469 e. The molecule has 34 heavy (non-hydrogen) atoms. The maximum atomic E-state index is 13.2. The first-order valence-corrected chi connectivity index (χ1v) is 11.8. The van der Waals surface area contributed by atoms with Crippen LogP contribution in [0.15, 0.2) is 60.7 Å². The van der Waals surface area contributed by atoms with Crippen molar-refractivity contribution in [2.45, 2.75) is 44.7 Å². The Labute approximate surface area is 201 Å². The zero-order valence-corrected chi connectivity index (χ0v) is 20.2. The van der Waals surface area contributed by atoms with E-state index in [-0.39, 0.29) is 12.0 Å². The summed E-state index contributed by atoms with van der Waals surface area (Å²) in [6.07, 6.45) is -0.456. The van der Waals surface area contributed by atoms with Gasteiger partial charge in [-0.3, -0.25) is 19.8 Å². The van der Waals surface area contributed by atoms with Crippen LogP contribution in [-0.4, -0.2) is 56.0 Å². The van der Waals surface area contributed by atoms with Gasteiger partial charge in [0.1, 0.15) is 12.3 Å². The molecular weight excluding hydrogens is 432 g/mol. The van der Waals surface area contributed by atoms with E-state index in [0.29, 0.717) is 19.1 Å². The monoisotopic (exact) mass is 466 g/mol. The van der Waals surface area contributed by atoms with Crippen LogP contribution in [0.4, 0.5) is 0 Å². The van der Waals surface area contributed by atoms with E-state index in [2.05, 4.69) is 36.2 Å². The molecule has 2 aliphatic rings. The number of rotatable bonds is 7. The molecule has 2 aliphatic heterocycles. The molecule has 4 rings (SSSR count). The Kier molecular flexibility index (Phi) is 7.66. The van der Waals surface area contributed by atoms with Crippen LogP contribution in [0.1, 0.15) is 31.0 Å². The Morgan fingerprint density at radius 1 is 1.00 bits per heavy atom. The number of nitrogens with zero attached hydrogens (tertiary/aromatic N) is 1. The van der Waals surface area contributed by atoms with Gasteiger partial charge in [-0.05, 0) is 17.0 Å². The summed E-state index contributed by atoms with van der Waals surface area (Å²) in [6.45, 7) is 5.53. The highest BCUT2D eigenvalue weighted by Crippen LogP contribution is 2.44. The van der Waals surface area contributed by atoms with Gasteiger partial charge in [-0.25, -0.2) is 0 Å². The predicted molar refractivity (Wildman–Crippen MR) is 127 cm³/mol. The van der Waals surface area contributed by atoms with Crippen molar-refractivity contribution in [1.82, 2.24) is 10.2 Å². The second-order valence-electron chi connectivity index (χ2n) is 9.38. The first kappa shape index (κ1) is 24.4. The maximum absolute atomic E-state index is 13.2. The first-order valence-electron chi connectivity index (χ1n) is 11.8. The van der Waals surface area contributed by atoms with Gasteiger partial charge in [0.25, 0.3) is 0 Å². The van der Waals surface area contributed by atoms with Crippen LogP contribution in [0, 0.1) is 17.8 Å². The molecule has 1 N–H and O–H groups in total. The van der Waals surface area contributed by atoms with Crippen molar-refractivity contribution in [3.63, 3.8) is 0 Å². The lowest BCUT2D eigenvalue weighted by atomic mass is 9.82. The van der Waals surface area contributed by atoms with Crippen molar-refractivity contribution in [2.24, 2.45) is 17.8 Å². The molecule has 0 saturated carbocycles. The molecule has 2 aromatic rings. The summed E-state index contributed by atoms with van der Waals surface area (Å²) in [5.74, 6) is -1.55. The Morgan fingerprint density at radius 3 is 2.21 bits per heavy atom. The maximum Gasteiger partial charge on any atom is 0.323 e. The predicted octanol–water partition coefficient (Wildman–Crippen LogP) is 3.16. The van der Waals surface area contributed by atoms with Gasteiger partial charge in [0.15, 0.2) is 0 Å². The third-order valence-electron chi connectivity index (χ3n) is 7.10. The van der Waals surface area contributed by atoms with Gasteiger partial charge in [0.05, 0.1) is 26.7 Å². The van der Waals surface area contributed by atoms with Gasteiger partial charge >= 0.3 is 11.9 Å². The van der Waals surface area contributed by atoms with E-state index in [1.54, 1.807) is 0 Å². The number of hydrogen-bond donors (Lipinski definition) is 1. The second kappa shape index (κ2) is 10.7. The quantitative estimate of drug-likeness (QED) is 0.628. The number of methoxy groups -OCH3 is 2. The van der Waals surface area contributed by atoms with E-state index < -0.39 is 36.1 Å². The van der Waals surface area contributed by atoms with Crippen molar-refractivity contribution >= 4 is 11.9 Å². The highest BCUT2D eigenvalue weighted by atomic mass is 16.5. The summed E-state index contributed by atoms with van der Waals surface area (Å²) in [5, 5.41) is 3.40. The molecule has 0 bridgehead atoms. The average molecular weight is 467 g/mol. The molecule has 2 fully saturated rings. The SMILES string of the molecule is COC(=O)[C@H]1[C@H]([C@@H]2OC[C@H](C(C)C)N2Cc2ccccc2)[C@@H](C(=O)OC)N[C@H]1c1ccccc1. The molecule has 0 spiro atoms. The van der Waals surface area contributed by atoms with Crippen LogP contribution in [0.5, 0.6) is 0 Å². The molecule has 2 aromatic carbocycles. The highest BCUT2D eigenvalue weighted by Gasteiger charge is 2.57. The zero-order chi connectivity index (χ0) is 24.2. The Morgan fingerprint density at radius 2 is 1.62 bits per heavy atom. The van der Waals surface area contributed by atoms with Crippen molar-refractivity contribution < 1.29 is 23.8 Å². The van der Waals surface area contributed by atoms with Gasteiger partial charge in [0, 0.05) is 24.5 Å². The van der Waals surface area contributed by atoms with E-state index in [9.17, 15) is 9.59 Å². The molecule has 182 valence electrons. The van der Waals surface area contributed by atoms with Gasteiger partial charge in [-0.2, -0.15) is 0 Å². The second-order valence-corrected chi connectivity index (χ2v) is 9.38. The summed E-state index contributed by atoms with van der Waals surface area (Å²) in [7, 11) is 2.76. The number of nitrogens with one attached hydrogen (secondary N) is 1. The molecular formula is C27H34N2O5. The molecule has 2 heterocycles. The molecule has 7 nitrogen and oxygen atoms in total. The van der Waals surface area contributed by atoms with Gasteiger partial charge in [-0.15, -0.1) is 0 Å². The van der Waals surface area contributed by atoms with Crippen LogP contribution in [0.3, 0.4) is 0 Å². The van der Waals surface area contributed by atoms with Crippen molar-refractivity contribution in [3.8, 4) is 0 Å². The van der Waals surface area contributed by atoms with Gasteiger partial charge in [-0.1, -0.05) is 74.5 Å². The Hall–Kier alpha value is -2.74. The molecule has 0 unspecified atom stereocenters. The standard InChI is InChI=1S/C27H34N2O5/c1-17(2)20-16-34-25(29(20)15-18-11-7-5-8-12-18)21-22(26(30)32-3)23(19-13-9-6-10-14-19)28-24(21)27(31)33-4/h5-14,17,20-25,28H,15-16H2,1-4H3/t20-,21+,22+,23+,24+,25+/m1/s1. The molecule has 2 saturated heterocycles. The molecule has 0 aromatic heterocycles. The molecule has 7 heteroatoms. The number of benzene rings is 2. The van der Waals surface area contributed by atoms with E-state index in [1.165, 1.54) is 14.2 Å². The van der Waals surface area contributed by atoms with Gasteiger partial charge in [0.2, 0.25) is 0 Å². The fourth-order valence-electron chi connectivity index (χ4n) is 5.41. The van der Waals surface area contributed by atoms with Crippen LogP contribution < -0.4 is 5.32 Å². The van der Waals surface area contributed by atoms with Crippen LogP contribution in [-0.2, 0) is 30.3 Å². The average Bonchev–Trinajstić information content (AvgIpc) is 3.46. The smallest absolute Gasteiger partial charge is 0.323 e. The minimum absolute atomic E-state index is 0.151. The fourth-order valence-corrected chi connectivity index (χ4v) is 5.41. The molecule has 0 aliphatic carbocycles. The normalized spacial score (nSPS) is 29.3. The summed E-state index contributed by atoms with van der Waals surface area (Å²) in [6, 6.07) is 18.9. The van der Waals surface area contributed by atoms with Gasteiger partial charge < -0.3 is 14.2 Å².